The van der Waals surface area contributed by atoms with Crippen LogP contribution in [0.4, 0.5) is 0 Å². The highest BCUT2D eigenvalue weighted by Crippen LogP contribution is 2.25. The van der Waals surface area contributed by atoms with Gasteiger partial charge in [-0.2, -0.15) is 0 Å². The lowest BCUT2D eigenvalue weighted by Crippen LogP contribution is -2.25. The first-order valence-corrected chi connectivity index (χ1v) is 6.75. The molecule has 3 heteroatoms. The molecule has 1 aromatic carbocycles. The van der Waals surface area contributed by atoms with Crippen LogP contribution in [-0.4, -0.2) is 20.7 Å². The average Bonchev–Trinajstić information content (AvgIpc) is 2.66. The summed E-state index contributed by atoms with van der Waals surface area (Å²) < 4.78 is 12.0. The summed E-state index contributed by atoms with van der Waals surface area (Å²) in [7, 11) is -0.926. The lowest BCUT2D eigenvalue weighted by Gasteiger charge is -2.13. The number of hydrogen-bond donors (Lipinski definition) is 1. The molecule has 0 saturated heterocycles. The number of aliphatic hydroxyl groups is 1. The molecule has 1 aromatic rings. The predicted octanol–water partition coefficient (Wildman–Crippen LogP) is 1.85. The van der Waals surface area contributed by atoms with Gasteiger partial charge >= 0.3 is 0 Å². The number of rotatable bonds is 3. The normalized spacial score (nSPS) is 27.8. The van der Waals surface area contributed by atoms with Crippen molar-refractivity contribution in [3.8, 4) is 0 Å². The molecule has 0 bridgehead atoms. The molecule has 0 amide bonds. The van der Waals surface area contributed by atoms with Crippen LogP contribution >= 0.6 is 0 Å². The van der Waals surface area contributed by atoms with Gasteiger partial charge in [0.15, 0.2) is 0 Å². The number of hydrogen-bond acceptors (Lipinski definition) is 2. The van der Waals surface area contributed by atoms with Crippen molar-refractivity contribution in [2.45, 2.75) is 36.4 Å². The highest BCUT2D eigenvalue weighted by Gasteiger charge is 2.30. The van der Waals surface area contributed by atoms with Crippen LogP contribution in [0.15, 0.2) is 30.3 Å². The fourth-order valence-corrected chi connectivity index (χ4v) is 3.71. The topological polar surface area (TPSA) is 37.3 Å². The predicted molar refractivity (Wildman–Crippen MR) is 61.9 cm³/mol. The third-order valence-electron chi connectivity index (χ3n) is 2.91. The van der Waals surface area contributed by atoms with E-state index in [1.54, 1.807) is 0 Å². The first kappa shape index (κ1) is 10.8. The molecule has 0 radical (unpaired) electrons. The van der Waals surface area contributed by atoms with Crippen molar-refractivity contribution >= 4 is 10.8 Å². The molecule has 1 N–H and O–H groups in total. The van der Waals surface area contributed by atoms with Crippen LogP contribution in [0.3, 0.4) is 0 Å². The molecule has 3 atom stereocenters. The Hall–Kier alpha value is -0.670. The quantitative estimate of drug-likeness (QED) is 0.850. The summed E-state index contributed by atoms with van der Waals surface area (Å²) in [6, 6.07) is 9.84. The molecule has 0 heterocycles. The van der Waals surface area contributed by atoms with Crippen molar-refractivity contribution in [1.82, 2.24) is 0 Å². The molecule has 0 aliphatic heterocycles. The largest absolute Gasteiger partial charge is 0.392 e. The van der Waals surface area contributed by atoms with E-state index in [2.05, 4.69) is 0 Å². The molecule has 0 spiro atoms. The van der Waals surface area contributed by atoms with Crippen LogP contribution in [-0.2, 0) is 16.6 Å². The van der Waals surface area contributed by atoms with Crippen molar-refractivity contribution in [3.63, 3.8) is 0 Å². The van der Waals surface area contributed by atoms with E-state index in [4.69, 9.17) is 0 Å². The first-order chi connectivity index (χ1) is 7.27. The van der Waals surface area contributed by atoms with E-state index < -0.39 is 10.8 Å². The lowest BCUT2D eigenvalue weighted by molar-refractivity contribution is 0.186. The van der Waals surface area contributed by atoms with Gasteiger partial charge in [-0.05, 0) is 24.8 Å². The van der Waals surface area contributed by atoms with Gasteiger partial charge in [0.2, 0.25) is 0 Å². The van der Waals surface area contributed by atoms with Crippen molar-refractivity contribution in [1.29, 1.82) is 0 Å². The summed E-state index contributed by atoms with van der Waals surface area (Å²) in [4.78, 5) is 0. The number of aliphatic hydroxyl groups excluding tert-OH is 1. The van der Waals surface area contributed by atoms with E-state index in [0.29, 0.717) is 5.75 Å². The fourth-order valence-electron chi connectivity index (χ4n) is 2.06. The van der Waals surface area contributed by atoms with E-state index in [-0.39, 0.29) is 11.4 Å². The monoisotopic (exact) mass is 224 g/mol. The van der Waals surface area contributed by atoms with Gasteiger partial charge in [0, 0.05) is 16.6 Å². The molecule has 1 fully saturated rings. The highest BCUT2D eigenvalue weighted by molar-refractivity contribution is 7.84. The van der Waals surface area contributed by atoms with E-state index in [1.165, 1.54) is 0 Å². The highest BCUT2D eigenvalue weighted by atomic mass is 32.2. The minimum atomic E-state index is -0.926. The summed E-state index contributed by atoms with van der Waals surface area (Å²) >= 11 is 0. The molecule has 1 unspecified atom stereocenters. The standard InChI is InChI=1S/C12H16O2S/c13-11-7-4-8-12(11)15(14)9-10-5-2-1-3-6-10/h1-3,5-6,11-13H,4,7-9H2/t11-,12-,15?/m1/s1. The second-order valence-electron chi connectivity index (χ2n) is 4.05. The summed E-state index contributed by atoms with van der Waals surface area (Å²) in [5, 5.41) is 9.64. The molecule has 2 rings (SSSR count). The minimum Gasteiger partial charge on any atom is -0.392 e. The zero-order chi connectivity index (χ0) is 10.7. The summed E-state index contributed by atoms with van der Waals surface area (Å²) in [5.74, 6) is 0.572. The smallest absolute Gasteiger partial charge is 0.0683 e. The fraction of sp³-hybridized carbons (Fsp3) is 0.500. The zero-order valence-corrected chi connectivity index (χ0v) is 9.45. The van der Waals surface area contributed by atoms with Gasteiger partial charge in [0.05, 0.1) is 11.4 Å². The van der Waals surface area contributed by atoms with Crippen molar-refractivity contribution in [2.75, 3.05) is 0 Å². The molecular weight excluding hydrogens is 208 g/mol. The molecule has 1 aliphatic carbocycles. The SMILES string of the molecule is O=S(Cc1ccccc1)[C@@H]1CCC[C@H]1O. The van der Waals surface area contributed by atoms with E-state index in [9.17, 15) is 9.32 Å². The molecular formula is C12H16O2S. The Morgan fingerprint density at radius 1 is 1.27 bits per heavy atom. The van der Waals surface area contributed by atoms with Gasteiger partial charge < -0.3 is 5.11 Å². The van der Waals surface area contributed by atoms with Crippen LogP contribution in [0, 0.1) is 0 Å². The summed E-state index contributed by atoms with van der Waals surface area (Å²) in [5.41, 5.74) is 1.09. The third kappa shape index (κ3) is 2.67. The van der Waals surface area contributed by atoms with E-state index in [0.717, 1.165) is 24.8 Å². The van der Waals surface area contributed by atoms with Gasteiger partial charge in [-0.15, -0.1) is 0 Å². The molecule has 1 saturated carbocycles. The number of benzene rings is 1. The molecule has 1 aliphatic rings. The van der Waals surface area contributed by atoms with Crippen molar-refractivity contribution < 1.29 is 9.32 Å². The van der Waals surface area contributed by atoms with Gasteiger partial charge in [0.1, 0.15) is 0 Å². The third-order valence-corrected chi connectivity index (χ3v) is 4.75. The maximum Gasteiger partial charge on any atom is 0.0683 e. The van der Waals surface area contributed by atoms with Gasteiger partial charge in [-0.25, -0.2) is 0 Å². The second-order valence-corrected chi connectivity index (χ2v) is 5.70. The Morgan fingerprint density at radius 2 is 2.00 bits per heavy atom. The zero-order valence-electron chi connectivity index (χ0n) is 8.63. The Kier molecular flexibility index (Phi) is 3.54. The van der Waals surface area contributed by atoms with Gasteiger partial charge in [0.25, 0.3) is 0 Å². The van der Waals surface area contributed by atoms with Crippen LogP contribution in [0.1, 0.15) is 24.8 Å². The Labute approximate surface area is 92.8 Å². The Balaban J connectivity index is 1.98. The molecule has 82 valence electrons. The minimum absolute atomic E-state index is 0.00907. The Morgan fingerprint density at radius 3 is 2.60 bits per heavy atom. The summed E-state index contributed by atoms with van der Waals surface area (Å²) in [6.45, 7) is 0. The molecule has 15 heavy (non-hydrogen) atoms. The van der Waals surface area contributed by atoms with E-state index in [1.807, 2.05) is 30.3 Å². The van der Waals surface area contributed by atoms with Crippen LogP contribution in [0.25, 0.3) is 0 Å². The lowest BCUT2D eigenvalue weighted by atomic mass is 10.2. The van der Waals surface area contributed by atoms with Crippen LogP contribution in [0.5, 0.6) is 0 Å². The maximum atomic E-state index is 12.0. The second kappa shape index (κ2) is 4.90. The molecule has 2 nitrogen and oxygen atoms in total. The van der Waals surface area contributed by atoms with Crippen LogP contribution < -0.4 is 0 Å². The van der Waals surface area contributed by atoms with Crippen molar-refractivity contribution in [2.24, 2.45) is 0 Å². The van der Waals surface area contributed by atoms with E-state index >= 15 is 0 Å². The van der Waals surface area contributed by atoms with Gasteiger partial charge in [-0.3, -0.25) is 4.21 Å². The Bertz CT molecular complexity index is 337. The molecule has 0 aromatic heterocycles. The van der Waals surface area contributed by atoms with Crippen molar-refractivity contribution in [3.05, 3.63) is 35.9 Å². The average molecular weight is 224 g/mol. The van der Waals surface area contributed by atoms with Gasteiger partial charge in [-0.1, -0.05) is 30.3 Å². The first-order valence-electron chi connectivity index (χ1n) is 5.36. The summed E-state index contributed by atoms with van der Waals surface area (Å²) in [6.07, 6.45) is 2.37. The van der Waals surface area contributed by atoms with Crippen LogP contribution in [0.2, 0.25) is 0 Å². The maximum absolute atomic E-state index is 12.0.